The average Bonchev–Trinajstić information content (AvgIpc) is 2.78. The fourth-order valence-corrected chi connectivity index (χ4v) is 3.78. The lowest BCUT2D eigenvalue weighted by atomic mass is 9.99. The van der Waals surface area contributed by atoms with E-state index >= 15 is 0 Å². The molecule has 0 aromatic heterocycles. The Bertz CT molecular complexity index is 982. The van der Waals surface area contributed by atoms with E-state index in [2.05, 4.69) is 46.6 Å². The maximum Gasteiger partial charge on any atom is 0.251 e. The Morgan fingerprint density at radius 3 is 2.55 bits per heavy atom. The van der Waals surface area contributed by atoms with Crippen molar-refractivity contribution in [2.45, 2.75) is 26.1 Å². The van der Waals surface area contributed by atoms with Crippen molar-refractivity contribution in [3.63, 3.8) is 0 Å². The van der Waals surface area contributed by atoms with E-state index in [1.165, 1.54) is 16.7 Å². The van der Waals surface area contributed by atoms with E-state index in [0.717, 1.165) is 37.4 Å². The second-order valence-corrected chi connectivity index (χ2v) is 7.46. The molecule has 0 aliphatic carbocycles. The molecule has 0 spiro atoms. The molecule has 4 heteroatoms. The van der Waals surface area contributed by atoms with Gasteiger partial charge in [0.15, 0.2) is 0 Å². The highest BCUT2D eigenvalue weighted by molar-refractivity contribution is 5.94. The van der Waals surface area contributed by atoms with Crippen LogP contribution in [0.2, 0.25) is 0 Å². The molecular weight excluding hydrogens is 360 g/mol. The maximum atomic E-state index is 12.5. The van der Waals surface area contributed by atoms with Crippen LogP contribution in [0.15, 0.2) is 72.8 Å². The van der Waals surface area contributed by atoms with Crippen LogP contribution in [0.5, 0.6) is 5.75 Å². The predicted octanol–water partition coefficient (Wildman–Crippen LogP) is 4.18. The van der Waals surface area contributed by atoms with E-state index in [9.17, 15) is 4.79 Å². The Morgan fingerprint density at radius 2 is 1.76 bits per heavy atom. The molecule has 1 aliphatic heterocycles. The molecule has 0 bridgehead atoms. The van der Waals surface area contributed by atoms with Gasteiger partial charge in [0.25, 0.3) is 5.91 Å². The van der Waals surface area contributed by atoms with Crippen molar-refractivity contribution < 1.29 is 9.53 Å². The molecule has 1 amide bonds. The summed E-state index contributed by atoms with van der Waals surface area (Å²) in [6, 6.07) is 24.3. The lowest BCUT2D eigenvalue weighted by Crippen LogP contribution is -2.30. The van der Waals surface area contributed by atoms with Gasteiger partial charge in [-0.15, -0.1) is 0 Å². The molecule has 1 N–H and O–H groups in total. The second kappa shape index (κ2) is 8.93. The van der Waals surface area contributed by atoms with Crippen molar-refractivity contribution >= 4 is 5.91 Å². The molecule has 148 valence electrons. The van der Waals surface area contributed by atoms with Gasteiger partial charge in [-0.1, -0.05) is 48.5 Å². The largest absolute Gasteiger partial charge is 0.497 e. The molecule has 4 nitrogen and oxygen atoms in total. The van der Waals surface area contributed by atoms with Gasteiger partial charge in [-0.05, 0) is 52.9 Å². The highest BCUT2D eigenvalue weighted by Crippen LogP contribution is 2.20. The third-order valence-corrected chi connectivity index (χ3v) is 5.42. The van der Waals surface area contributed by atoms with E-state index in [1.807, 2.05) is 36.4 Å². The SMILES string of the molecule is COc1cccc(CNC(=O)c2ccc(CN3CCc4ccccc4C3)cc2)c1. The predicted molar refractivity (Wildman–Crippen MR) is 115 cm³/mol. The minimum Gasteiger partial charge on any atom is -0.497 e. The third kappa shape index (κ3) is 4.84. The Hall–Kier alpha value is -3.11. The minimum absolute atomic E-state index is 0.0636. The van der Waals surface area contributed by atoms with E-state index in [-0.39, 0.29) is 5.91 Å². The molecule has 0 atom stereocenters. The summed E-state index contributed by atoms with van der Waals surface area (Å²) >= 11 is 0. The molecule has 0 saturated carbocycles. The van der Waals surface area contributed by atoms with Crippen LogP contribution >= 0.6 is 0 Å². The molecule has 3 aromatic carbocycles. The number of hydrogen-bond donors (Lipinski definition) is 1. The number of benzene rings is 3. The van der Waals surface area contributed by atoms with Crippen molar-refractivity contribution in [2.24, 2.45) is 0 Å². The zero-order valence-electron chi connectivity index (χ0n) is 16.7. The van der Waals surface area contributed by atoms with Crippen LogP contribution in [0, 0.1) is 0 Å². The van der Waals surface area contributed by atoms with Crippen molar-refractivity contribution in [2.75, 3.05) is 13.7 Å². The zero-order valence-corrected chi connectivity index (χ0v) is 16.7. The van der Waals surface area contributed by atoms with Crippen LogP contribution in [0.4, 0.5) is 0 Å². The number of nitrogens with zero attached hydrogens (tertiary/aromatic N) is 1. The number of ether oxygens (including phenoxy) is 1. The monoisotopic (exact) mass is 386 g/mol. The van der Waals surface area contributed by atoms with Crippen molar-refractivity contribution in [1.29, 1.82) is 0 Å². The highest BCUT2D eigenvalue weighted by atomic mass is 16.5. The molecule has 29 heavy (non-hydrogen) atoms. The van der Waals surface area contributed by atoms with Crippen LogP contribution in [0.3, 0.4) is 0 Å². The fraction of sp³-hybridized carbons (Fsp3) is 0.240. The highest BCUT2D eigenvalue weighted by Gasteiger charge is 2.16. The molecule has 3 aromatic rings. The second-order valence-electron chi connectivity index (χ2n) is 7.46. The lowest BCUT2D eigenvalue weighted by Gasteiger charge is -2.28. The third-order valence-electron chi connectivity index (χ3n) is 5.42. The lowest BCUT2D eigenvalue weighted by molar-refractivity contribution is 0.0951. The first-order valence-electron chi connectivity index (χ1n) is 10.0. The van der Waals surface area contributed by atoms with Crippen molar-refractivity contribution in [1.82, 2.24) is 10.2 Å². The number of methoxy groups -OCH3 is 1. The zero-order chi connectivity index (χ0) is 20.1. The Balaban J connectivity index is 1.32. The van der Waals surface area contributed by atoms with Gasteiger partial charge in [0.1, 0.15) is 5.75 Å². The number of rotatable bonds is 6. The number of carbonyl (C=O) groups is 1. The van der Waals surface area contributed by atoms with Gasteiger partial charge in [-0.25, -0.2) is 0 Å². The number of amides is 1. The standard InChI is InChI=1S/C25H26N2O2/c1-29-24-8-4-5-20(15-24)16-26-25(28)22-11-9-19(10-12-22)17-27-14-13-21-6-2-3-7-23(21)18-27/h2-12,15H,13-14,16-18H2,1H3,(H,26,28). The Kier molecular flexibility index (Phi) is 5.92. The van der Waals surface area contributed by atoms with E-state index < -0.39 is 0 Å². The molecule has 0 saturated heterocycles. The van der Waals surface area contributed by atoms with Crippen molar-refractivity contribution in [3.05, 3.63) is 101 Å². The van der Waals surface area contributed by atoms with Gasteiger partial charge >= 0.3 is 0 Å². The Labute approximate surface area is 172 Å². The van der Waals surface area contributed by atoms with Crippen LogP contribution in [-0.4, -0.2) is 24.5 Å². The molecule has 1 aliphatic rings. The summed E-state index contributed by atoms with van der Waals surface area (Å²) < 4.78 is 5.22. The maximum absolute atomic E-state index is 12.5. The van der Waals surface area contributed by atoms with E-state index in [4.69, 9.17) is 4.74 Å². The molecule has 0 fully saturated rings. The number of carbonyl (C=O) groups excluding carboxylic acids is 1. The molecular formula is C25H26N2O2. The van der Waals surface area contributed by atoms with Gasteiger partial charge in [0.2, 0.25) is 0 Å². The van der Waals surface area contributed by atoms with Crippen LogP contribution in [-0.2, 0) is 26.1 Å². The molecule has 1 heterocycles. The van der Waals surface area contributed by atoms with Crippen molar-refractivity contribution in [3.8, 4) is 5.75 Å². The first-order chi connectivity index (χ1) is 14.2. The number of nitrogens with one attached hydrogen (secondary N) is 1. The summed E-state index contributed by atoms with van der Waals surface area (Å²) in [5.74, 6) is 0.729. The van der Waals surface area contributed by atoms with E-state index in [1.54, 1.807) is 7.11 Å². The summed E-state index contributed by atoms with van der Waals surface area (Å²) in [4.78, 5) is 14.9. The average molecular weight is 386 g/mol. The van der Waals surface area contributed by atoms with Gasteiger partial charge in [0.05, 0.1) is 7.11 Å². The van der Waals surface area contributed by atoms with Gasteiger partial charge in [-0.2, -0.15) is 0 Å². The quantitative estimate of drug-likeness (QED) is 0.691. The molecule has 0 unspecified atom stereocenters. The summed E-state index contributed by atoms with van der Waals surface area (Å²) in [5, 5.41) is 2.97. The fourth-order valence-electron chi connectivity index (χ4n) is 3.78. The van der Waals surface area contributed by atoms with Gasteiger partial charge < -0.3 is 10.1 Å². The van der Waals surface area contributed by atoms with Crippen LogP contribution in [0.25, 0.3) is 0 Å². The smallest absolute Gasteiger partial charge is 0.251 e. The molecule has 0 radical (unpaired) electrons. The Morgan fingerprint density at radius 1 is 0.966 bits per heavy atom. The topological polar surface area (TPSA) is 41.6 Å². The summed E-state index contributed by atoms with van der Waals surface area (Å²) in [6.07, 6.45) is 1.10. The first kappa shape index (κ1) is 19.2. The number of hydrogen-bond acceptors (Lipinski definition) is 3. The van der Waals surface area contributed by atoms with E-state index in [0.29, 0.717) is 12.1 Å². The van der Waals surface area contributed by atoms with Crippen LogP contribution in [0.1, 0.15) is 32.6 Å². The first-order valence-corrected chi connectivity index (χ1v) is 10.0. The summed E-state index contributed by atoms with van der Waals surface area (Å²) in [6.45, 7) is 3.43. The van der Waals surface area contributed by atoms with Gasteiger partial charge in [0, 0.05) is 31.7 Å². The van der Waals surface area contributed by atoms with Crippen LogP contribution < -0.4 is 10.1 Å². The minimum atomic E-state index is -0.0636. The molecule has 4 rings (SSSR count). The summed E-state index contributed by atoms with van der Waals surface area (Å²) in [5.41, 5.74) is 5.81. The van der Waals surface area contributed by atoms with Gasteiger partial charge in [-0.3, -0.25) is 9.69 Å². The number of fused-ring (bicyclic) bond motifs is 1. The summed E-state index contributed by atoms with van der Waals surface area (Å²) in [7, 11) is 1.64. The normalized spacial score (nSPS) is 13.6.